The highest BCUT2D eigenvalue weighted by atomic mass is 79.9. The third kappa shape index (κ3) is 3.23. The molecule has 0 radical (unpaired) electrons. The molecule has 1 aromatic carbocycles. The second-order valence-electron chi connectivity index (χ2n) is 3.70. The van der Waals surface area contributed by atoms with Gasteiger partial charge in [0.2, 0.25) is 0 Å². The second kappa shape index (κ2) is 5.71. The molecule has 0 aliphatic heterocycles. The number of aromatic nitrogens is 1. The van der Waals surface area contributed by atoms with Gasteiger partial charge in [-0.3, -0.25) is 9.78 Å². The van der Waals surface area contributed by atoms with Crippen LogP contribution in [0.4, 0.5) is 4.39 Å². The van der Waals surface area contributed by atoms with E-state index in [1.165, 1.54) is 18.2 Å². The van der Waals surface area contributed by atoms with Crippen molar-refractivity contribution in [2.24, 2.45) is 0 Å². The van der Waals surface area contributed by atoms with E-state index in [-0.39, 0.29) is 22.5 Å². The van der Waals surface area contributed by atoms with E-state index in [1.807, 2.05) is 6.07 Å². The number of nitrogens with zero attached hydrogens (tertiary/aromatic N) is 1. The number of halogens is 3. The zero-order valence-corrected chi connectivity index (χ0v) is 12.3. The lowest BCUT2D eigenvalue weighted by atomic mass is 10.1. The van der Waals surface area contributed by atoms with Gasteiger partial charge in [0.25, 0.3) is 0 Å². The molecule has 1 heterocycles. The van der Waals surface area contributed by atoms with Crippen molar-refractivity contribution in [2.75, 3.05) is 0 Å². The van der Waals surface area contributed by atoms with Crippen LogP contribution >= 0.6 is 31.9 Å². The lowest BCUT2D eigenvalue weighted by Gasteiger charge is -2.02. The number of carbonyl (C=O) groups excluding carboxylic acids is 1. The first-order valence-electron chi connectivity index (χ1n) is 5.15. The first kappa shape index (κ1) is 13.4. The van der Waals surface area contributed by atoms with Crippen molar-refractivity contribution >= 4 is 37.6 Å². The van der Waals surface area contributed by atoms with Gasteiger partial charge in [0.15, 0.2) is 5.78 Å². The van der Waals surface area contributed by atoms with E-state index in [4.69, 9.17) is 0 Å². The van der Waals surface area contributed by atoms with Gasteiger partial charge in [-0.2, -0.15) is 0 Å². The van der Waals surface area contributed by atoms with Crippen molar-refractivity contribution in [3.63, 3.8) is 0 Å². The summed E-state index contributed by atoms with van der Waals surface area (Å²) in [6, 6.07) is 7.83. The van der Waals surface area contributed by atoms with Crippen LogP contribution in [0.1, 0.15) is 16.1 Å². The van der Waals surface area contributed by atoms with E-state index in [2.05, 4.69) is 36.8 Å². The molecule has 5 heteroatoms. The van der Waals surface area contributed by atoms with Crippen LogP contribution in [0.5, 0.6) is 0 Å². The van der Waals surface area contributed by atoms with Gasteiger partial charge in [0.1, 0.15) is 5.82 Å². The molecular formula is C13H8Br2FNO. The fourth-order valence-electron chi connectivity index (χ4n) is 1.45. The fourth-order valence-corrected chi connectivity index (χ4v) is 2.06. The van der Waals surface area contributed by atoms with Gasteiger partial charge in [0, 0.05) is 21.9 Å². The maximum absolute atomic E-state index is 13.1. The van der Waals surface area contributed by atoms with Crippen LogP contribution in [-0.2, 0) is 6.42 Å². The van der Waals surface area contributed by atoms with Crippen LogP contribution in [-0.4, -0.2) is 10.8 Å². The Labute approximate surface area is 121 Å². The molecule has 0 aliphatic rings. The van der Waals surface area contributed by atoms with Gasteiger partial charge < -0.3 is 0 Å². The highest BCUT2D eigenvalue weighted by Crippen LogP contribution is 2.18. The minimum Gasteiger partial charge on any atom is -0.294 e. The third-order valence-electron chi connectivity index (χ3n) is 2.37. The highest BCUT2D eigenvalue weighted by Gasteiger charge is 2.10. The molecule has 2 nitrogen and oxygen atoms in total. The third-order valence-corrected chi connectivity index (χ3v) is 3.45. The van der Waals surface area contributed by atoms with Gasteiger partial charge in [-0.05, 0) is 62.2 Å². The largest absolute Gasteiger partial charge is 0.294 e. The number of ketones is 1. The molecule has 0 N–H and O–H groups in total. The summed E-state index contributed by atoms with van der Waals surface area (Å²) in [5.41, 5.74) is 1.15. The summed E-state index contributed by atoms with van der Waals surface area (Å²) in [6.45, 7) is 0. The number of hydrogen-bond donors (Lipinski definition) is 0. The normalized spacial score (nSPS) is 10.4. The molecular weight excluding hydrogens is 365 g/mol. The van der Waals surface area contributed by atoms with E-state index < -0.39 is 0 Å². The molecule has 0 fully saturated rings. The molecule has 0 spiro atoms. The predicted molar refractivity (Wildman–Crippen MR) is 74.1 cm³/mol. The summed E-state index contributed by atoms with van der Waals surface area (Å²) < 4.78 is 14.2. The van der Waals surface area contributed by atoms with Crippen LogP contribution < -0.4 is 0 Å². The summed E-state index contributed by atoms with van der Waals surface area (Å²) in [5.74, 6) is -0.473. The van der Waals surface area contributed by atoms with E-state index >= 15 is 0 Å². The fraction of sp³-hybridized carbons (Fsp3) is 0.0769. The molecule has 0 unspecified atom stereocenters. The Kier molecular flexibility index (Phi) is 4.24. The van der Waals surface area contributed by atoms with E-state index in [1.54, 1.807) is 12.3 Å². The van der Waals surface area contributed by atoms with E-state index in [9.17, 15) is 9.18 Å². The van der Waals surface area contributed by atoms with Crippen molar-refractivity contribution in [3.8, 4) is 0 Å². The zero-order chi connectivity index (χ0) is 13.1. The number of hydrogen-bond acceptors (Lipinski definition) is 2. The summed E-state index contributed by atoms with van der Waals surface area (Å²) in [5, 5.41) is 0. The van der Waals surface area contributed by atoms with Crippen molar-refractivity contribution in [3.05, 3.63) is 62.5 Å². The number of pyridine rings is 1. The molecule has 92 valence electrons. The summed E-state index contributed by atoms with van der Waals surface area (Å²) in [6.07, 6.45) is 1.84. The van der Waals surface area contributed by atoms with Gasteiger partial charge in [0.05, 0.1) is 10.9 Å². The predicted octanol–water partition coefficient (Wildman–Crippen LogP) is 4.17. The molecule has 0 atom stereocenters. The first-order valence-corrected chi connectivity index (χ1v) is 6.73. The first-order chi connectivity index (χ1) is 8.56. The maximum Gasteiger partial charge on any atom is 0.168 e. The Morgan fingerprint density at radius 2 is 2.00 bits per heavy atom. The minimum absolute atomic E-state index is 0.0921. The standard InChI is InChI=1S/C13H8Br2FNO/c14-9-2-3-10(17-7-9)6-13(18)8-1-4-12(16)11(15)5-8/h1-5,7H,6H2. The number of benzene rings is 1. The Morgan fingerprint density at radius 3 is 2.61 bits per heavy atom. The van der Waals surface area contributed by atoms with Crippen molar-refractivity contribution in [2.45, 2.75) is 6.42 Å². The zero-order valence-electron chi connectivity index (χ0n) is 9.16. The van der Waals surface area contributed by atoms with Crippen LogP contribution in [0.2, 0.25) is 0 Å². The average molecular weight is 373 g/mol. The molecule has 0 aliphatic carbocycles. The second-order valence-corrected chi connectivity index (χ2v) is 5.47. The van der Waals surface area contributed by atoms with Crippen molar-refractivity contribution in [1.29, 1.82) is 0 Å². The molecule has 1 aromatic heterocycles. The van der Waals surface area contributed by atoms with Gasteiger partial charge in [-0.25, -0.2) is 4.39 Å². The molecule has 2 rings (SSSR count). The Bertz CT molecular complexity index is 584. The Morgan fingerprint density at radius 1 is 1.22 bits per heavy atom. The molecule has 0 bridgehead atoms. The Balaban J connectivity index is 2.16. The van der Waals surface area contributed by atoms with Crippen molar-refractivity contribution < 1.29 is 9.18 Å². The van der Waals surface area contributed by atoms with Gasteiger partial charge >= 0.3 is 0 Å². The average Bonchev–Trinajstić information content (AvgIpc) is 2.35. The minimum atomic E-state index is -0.381. The van der Waals surface area contributed by atoms with E-state index in [0.717, 1.165) is 4.47 Å². The van der Waals surface area contributed by atoms with Gasteiger partial charge in [-0.1, -0.05) is 0 Å². The summed E-state index contributed by atoms with van der Waals surface area (Å²) >= 11 is 6.34. The molecule has 2 aromatic rings. The number of carbonyl (C=O) groups is 1. The summed E-state index contributed by atoms with van der Waals surface area (Å²) in [7, 11) is 0. The highest BCUT2D eigenvalue weighted by molar-refractivity contribution is 9.10. The SMILES string of the molecule is O=C(Cc1ccc(Br)cn1)c1ccc(F)c(Br)c1. The molecule has 0 saturated carbocycles. The van der Waals surface area contributed by atoms with Crippen LogP contribution in [0.15, 0.2) is 45.5 Å². The molecule has 18 heavy (non-hydrogen) atoms. The number of rotatable bonds is 3. The number of Topliss-reactive ketones (excluding diaryl/α,β-unsaturated/α-hetero) is 1. The molecule has 0 amide bonds. The van der Waals surface area contributed by atoms with Crippen LogP contribution in [0, 0.1) is 5.82 Å². The van der Waals surface area contributed by atoms with Gasteiger partial charge in [-0.15, -0.1) is 0 Å². The topological polar surface area (TPSA) is 30.0 Å². The lowest BCUT2D eigenvalue weighted by molar-refractivity contribution is 0.0992. The monoisotopic (exact) mass is 371 g/mol. The van der Waals surface area contributed by atoms with E-state index in [0.29, 0.717) is 11.3 Å². The van der Waals surface area contributed by atoms with Crippen molar-refractivity contribution in [1.82, 2.24) is 4.98 Å². The summed E-state index contributed by atoms with van der Waals surface area (Å²) in [4.78, 5) is 16.1. The lowest BCUT2D eigenvalue weighted by Crippen LogP contribution is -2.05. The smallest absolute Gasteiger partial charge is 0.168 e. The Hall–Kier alpha value is -1.07. The van der Waals surface area contributed by atoms with Crippen LogP contribution in [0.3, 0.4) is 0 Å². The maximum atomic E-state index is 13.1. The van der Waals surface area contributed by atoms with Crippen LogP contribution in [0.25, 0.3) is 0 Å². The quantitative estimate of drug-likeness (QED) is 0.757. The molecule has 0 saturated heterocycles.